The molecule has 0 fully saturated rings. The molecule has 1 aromatic rings. The molecule has 0 aromatic heterocycles. The van der Waals surface area contributed by atoms with Crippen LogP contribution in [0.3, 0.4) is 0 Å². The molecule has 6 nitrogen and oxygen atoms in total. The van der Waals surface area contributed by atoms with Gasteiger partial charge in [-0.2, -0.15) is 0 Å². The Kier molecular flexibility index (Phi) is 4.45. The Morgan fingerprint density at radius 3 is 2.76 bits per heavy atom. The number of carboxylic acid groups (broad SMARTS) is 1. The van der Waals surface area contributed by atoms with Crippen molar-refractivity contribution in [3.8, 4) is 5.75 Å². The molecule has 0 bridgehead atoms. The average Bonchev–Trinajstić information content (AvgIpc) is 2.25. The van der Waals surface area contributed by atoms with Crippen molar-refractivity contribution in [2.75, 3.05) is 6.61 Å². The number of nitro benzene ring substituents is 1. The molecular formula is C11H13NO5. The highest BCUT2D eigenvalue weighted by Crippen LogP contribution is 2.31. The van der Waals surface area contributed by atoms with Gasteiger partial charge in [-0.25, -0.2) is 0 Å². The minimum Gasteiger partial charge on any atom is -0.487 e. The van der Waals surface area contributed by atoms with Gasteiger partial charge in [0, 0.05) is 5.56 Å². The maximum atomic E-state index is 10.9. The first-order chi connectivity index (χ1) is 8.06. The van der Waals surface area contributed by atoms with Crippen molar-refractivity contribution in [2.45, 2.75) is 19.8 Å². The Balaban J connectivity index is 3.12. The van der Waals surface area contributed by atoms with E-state index >= 15 is 0 Å². The molecule has 92 valence electrons. The zero-order valence-corrected chi connectivity index (χ0v) is 9.38. The van der Waals surface area contributed by atoms with Crippen LogP contribution in [0.15, 0.2) is 18.2 Å². The number of aliphatic carboxylic acids is 1. The number of carbonyl (C=O) groups is 1. The van der Waals surface area contributed by atoms with E-state index in [0.29, 0.717) is 6.61 Å². The van der Waals surface area contributed by atoms with E-state index < -0.39 is 10.9 Å². The molecule has 0 aliphatic carbocycles. The number of ether oxygens (including phenoxy) is 1. The minimum absolute atomic E-state index is 0.121. The van der Waals surface area contributed by atoms with E-state index in [-0.39, 0.29) is 23.4 Å². The molecule has 0 spiro atoms. The largest absolute Gasteiger partial charge is 0.487 e. The number of hydrogen-bond donors (Lipinski definition) is 1. The molecular weight excluding hydrogens is 226 g/mol. The first-order valence-electron chi connectivity index (χ1n) is 5.17. The molecule has 1 N–H and O–H groups in total. The molecule has 0 radical (unpaired) electrons. The SMILES string of the molecule is CCCOc1cccc(CC(=O)O)c1[N+](=O)[O-]. The summed E-state index contributed by atoms with van der Waals surface area (Å²) in [6, 6.07) is 4.44. The van der Waals surface area contributed by atoms with Crippen LogP contribution in [-0.2, 0) is 11.2 Å². The van der Waals surface area contributed by atoms with Gasteiger partial charge in [-0.05, 0) is 12.5 Å². The zero-order valence-electron chi connectivity index (χ0n) is 9.38. The molecule has 0 saturated carbocycles. The highest BCUT2D eigenvalue weighted by Gasteiger charge is 2.22. The fourth-order valence-electron chi connectivity index (χ4n) is 1.41. The van der Waals surface area contributed by atoms with Gasteiger partial charge in [-0.15, -0.1) is 0 Å². The van der Waals surface area contributed by atoms with Crippen LogP contribution in [0.2, 0.25) is 0 Å². The third kappa shape index (κ3) is 3.44. The molecule has 0 heterocycles. The summed E-state index contributed by atoms with van der Waals surface area (Å²) in [4.78, 5) is 20.9. The van der Waals surface area contributed by atoms with E-state index in [9.17, 15) is 14.9 Å². The van der Waals surface area contributed by atoms with Gasteiger partial charge < -0.3 is 9.84 Å². The van der Waals surface area contributed by atoms with E-state index in [0.717, 1.165) is 6.42 Å². The van der Waals surface area contributed by atoms with Crippen molar-refractivity contribution < 1.29 is 19.6 Å². The standard InChI is InChI=1S/C11H13NO5/c1-2-6-17-9-5-3-4-8(7-10(13)14)11(9)12(15)16/h3-5H,2,6-7H2,1H3,(H,13,14). The summed E-state index contributed by atoms with van der Waals surface area (Å²) in [5, 5.41) is 19.6. The number of nitro groups is 1. The highest BCUT2D eigenvalue weighted by atomic mass is 16.6. The molecule has 0 unspecified atom stereocenters. The Morgan fingerprint density at radius 1 is 1.53 bits per heavy atom. The molecule has 17 heavy (non-hydrogen) atoms. The van der Waals surface area contributed by atoms with E-state index in [2.05, 4.69) is 0 Å². The summed E-state index contributed by atoms with van der Waals surface area (Å²) in [6.07, 6.45) is 0.333. The lowest BCUT2D eigenvalue weighted by molar-refractivity contribution is -0.386. The monoisotopic (exact) mass is 239 g/mol. The number of carboxylic acids is 1. The number of nitrogens with zero attached hydrogens (tertiary/aromatic N) is 1. The van der Waals surface area contributed by atoms with Gasteiger partial charge in [-0.3, -0.25) is 14.9 Å². The van der Waals surface area contributed by atoms with Crippen LogP contribution < -0.4 is 4.74 Å². The first kappa shape index (κ1) is 13.0. The molecule has 0 aliphatic rings. The van der Waals surface area contributed by atoms with Crippen molar-refractivity contribution in [1.29, 1.82) is 0 Å². The van der Waals surface area contributed by atoms with E-state index in [1.807, 2.05) is 6.92 Å². The predicted molar refractivity (Wildman–Crippen MR) is 60.2 cm³/mol. The Morgan fingerprint density at radius 2 is 2.24 bits per heavy atom. The third-order valence-corrected chi connectivity index (χ3v) is 2.07. The van der Waals surface area contributed by atoms with Gasteiger partial charge in [0.25, 0.3) is 0 Å². The van der Waals surface area contributed by atoms with Crippen molar-refractivity contribution in [2.24, 2.45) is 0 Å². The van der Waals surface area contributed by atoms with Gasteiger partial charge in [0.15, 0.2) is 5.75 Å². The molecule has 1 rings (SSSR count). The lowest BCUT2D eigenvalue weighted by atomic mass is 10.1. The second kappa shape index (κ2) is 5.83. The number of benzene rings is 1. The Hall–Kier alpha value is -2.11. The van der Waals surface area contributed by atoms with Crippen LogP contribution in [0.5, 0.6) is 5.75 Å². The van der Waals surface area contributed by atoms with E-state index in [1.165, 1.54) is 12.1 Å². The molecule has 0 saturated heterocycles. The maximum absolute atomic E-state index is 10.9. The molecule has 0 amide bonds. The fraction of sp³-hybridized carbons (Fsp3) is 0.364. The van der Waals surface area contributed by atoms with Crippen LogP contribution in [0.4, 0.5) is 5.69 Å². The summed E-state index contributed by atoms with van der Waals surface area (Å²) in [5.41, 5.74) is -0.112. The molecule has 0 aliphatic heterocycles. The molecule has 1 aromatic carbocycles. The molecule has 6 heteroatoms. The third-order valence-electron chi connectivity index (χ3n) is 2.07. The lowest BCUT2D eigenvalue weighted by Gasteiger charge is -2.07. The summed E-state index contributed by atoms with van der Waals surface area (Å²) < 4.78 is 5.24. The van der Waals surface area contributed by atoms with Crippen LogP contribution in [0.1, 0.15) is 18.9 Å². The first-order valence-corrected chi connectivity index (χ1v) is 5.17. The number of hydrogen-bond acceptors (Lipinski definition) is 4. The maximum Gasteiger partial charge on any atom is 0.314 e. The van der Waals surface area contributed by atoms with Gasteiger partial charge in [0.1, 0.15) is 0 Å². The van der Waals surface area contributed by atoms with Crippen molar-refractivity contribution >= 4 is 11.7 Å². The van der Waals surface area contributed by atoms with E-state index in [4.69, 9.17) is 9.84 Å². The van der Waals surface area contributed by atoms with Crippen molar-refractivity contribution in [3.05, 3.63) is 33.9 Å². The summed E-state index contributed by atoms with van der Waals surface area (Å²) >= 11 is 0. The lowest BCUT2D eigenvalue weighted by Crippen LogP contribution is -2.06. The summed E-state index contributed by atoms with van der Waals surface area (Å²) in [7, 11) is 0. The average molecular weight is 239 g/mol. The highest BCUT2D eigenvalue weighted by molar-refractivity contribution is 5.73. The quantitative estimate of drug-likeness (QED) is 0.605. The minimum atomic E-state index is -1.11. The Labute approximate surface area is 98.0 Å². The van der Waals surface area contributed by atoms with Gasteiger partial charge in [-0.1, -0.05) is 19.1 Å². The topological polar surface area (TPSA) is 89.7 Å². The van der Waals surface area contributed by atoms with E-state index in [1.54, 1.807) is 6.07 Å². The van der Waals surface area contributed by atoms with Crippen molar-refractivity contribution in [3.63, 3.8) is 0 Å². The normalized spacial score (nSPS) is 9.94. The van der Waals surface area contributed by atoms with Crippen LogP contribution >= 0.6 is 0 Å². The second-order valence-corrected chi connectivity index (χ2v) is 3.44. The smallest absolute Gasteiger partial charge is 0.314 e. The predicted octanol–water partition coefficient (Wildman–Crippen LogP) is 2.01. The molecule has 0 atom stereocenters. The van der Waals surface area contributed by atoms with Gasteiger partial charge in [0.05, 0.1) is 18.0 Å². The summed E-state index contributed by atoms with van der Waals surface area (Å²) in [6.45, 7) is 2.24. The number of rotatable bonds is 6. The number of para-hydroxylation sites is 1. The van der Waals surface area contributed by atoms with Gasteiger partial charge >= 0.3 is 11.7 Å². The van der Waals surface area contributed by atoms with Gasteiger partial charge in [0.2, 0.25) is 0 Å². The van der Waals surface area contributed by atoms with Crippen LogP contribution in [0, 0.1) is 10.1 Å². The van der Waals surface area contributed by atoms with Crippen LogP contribution in [-0.4, -0.2) is 22.6 Å². The van der Waals surface area contributed by atoms with Crippen LogP contribution in [0.25, 0.3) is 0 Å². The zero-order chi connectivity index (χ0) is 12.8. The van der Waals surface area contributed by atoms with Crippen molar-refractivity contribution in [1.82, 2.24) is 0 Å². The second-order valence-electron chi connectivity index (χ2n) is 3.44. The fourth-order valence-corrected chi connectivity index (χ4v) is 1.41. The Bertz CT molecular complexity index is 430. The summed E-state index contributed by atoms with van der Waals surface area (Å²) in [5.74, 6) is -0.989.